The predicted molar refractivity (Wildman–Crippen MR) is 95.9 cm³/mol. The van der Waals surface area contributed by atoms with Crippen LogP contribution < -0.4 is 4.90 Å². The summed E-state index contributed by atoms with van der Waals surface area (Å²) in [6, 6.07) is 14.0. The maximum absolute atomic E-state index is 12.1. The van der Waals surface area contributed by atoms with Crippen LogP contribution in [0.2, 0.25) is 0 Å². The van der Waals surface area contributed by atoms with Crippen LogP contribution in [0.25, 0.3) is 6.08 Å². The third-order valence-electron chi connectivity index (χ3n) is 3.58. The zero-order chi connectivity index (χ0) is 17.1. The van der Waals surface area contributed by atoms with Gasteiger partial charge in [-0.1, -0.05) is 30.0 Å². The second-order valence-electron chi connectivity index (χ2n) is 5.20. The fraction of sp³-hybridized carbons (Fsp3) is 0.0556. The normalized spacial score (nSPS) is 15.0. The molecule has 2 aromatic rings. The molecule has 0 unspecified atom stereocenters. The lowest BCUT2D eigenvalue weighted by molar-refractivity contribution is -0.384. The number of hydrogen-bond acceptors (Lipinski definition) is 5. The van der Waals surface area contributed by atoms with Crippen LogP contribution in [0.4, 0.5) is 11.4 Å². The van der Waals surface area contributed by atoms with Crippen molar-refractivity contribution in [2.45, 2.75) is 4.90 Å². The first-order chi connectivity index (χ1) is 11.5. The maximum Gasteiger partial charge on any atom is 0.269 e. The molecule has 0 amide bonds. The Morgan fingerprint density at radius 2 is 1.88 bits per heavy atom. The van der Waals surface area contributed by atoms with Gasteiger partial charge in [-0.05, 0) is 35.9 Å². The number of fused-ring (bicyclic) bond motifs is 1. The molecule has 6 heteroatoms. The number of carbonyl (C=O) groups excluding carboxylic acids is 1. The van der Waals surface area contributed by atoms with E-state index in [1.807, 2.05) is 36.2 Å². The van der Waals surface area contributed by atoms with Gasteiger partial charge in [0.15, 0.2) is 5.78 Å². The molecule has 0 bridgehead atoms. The Hall–Kier alpha value is -2.86. The van der Waals surface area contributed by atoms with E-state index in [0.717, 1.165) is 21.2 Å². The lowest BCUT2D eigenvalue weighted by Gasteiger charge is -2.12. The summed E-state index contributed by atoms with van der Waals surface area (Å²) in [5, 5.41) is 11.5. The van der Waals surface area contributed by atoms with Gasteiger partial charge in [0.1, 0.15) is 0 Å². The van der Waals surface area contributed by atoms with Crippen molar-refractivity contribution in [3.8, 4) is 0 Å². The van der Waals surface area contributed by atoms with Crippen LogP contribution in [-0.2, 0) is 4.79 Å². The average Bonchev–Trinajstić information content (AvgIpc) is 2.89. The number of nitrogens with zero attached hydrogens (tertiary/aromatic N) is 2. The first-order valence-electron chi connectivity index (χ1n) is 7.23. The van der Waals surface area contributed by atoms with Gasteiger partial charge in [0, 0.05) is 30.2 Å². The van der Waals surface area contributed by atoms with Crippen LogP contribution >= 0.6 is 11.8 Å². The van der Waals surface area contributed by atoms with Crippen molar-refractivity contribution in [1.82, 2.24) is 0 Å². The van der Waals surface area contributed by atoms with Crippen LogP contribution in [0.3, 0.4) is 0 Å². The summed E-state index contributed by atoms with van der Waals surface area (Å²) in [5.41, 5.74) is 1.85. The van der Waals surface area contributed by atoms with Crippen LogP contribution in [0, 0.1) is 10.1 Å². The topological polar surface area (TPSA) is 63.5 Å². The monoisotopic (exact) mass is 338 g/mol. The van der Waals surface area contributed by atoms with E-state index in [1.165, 1.54) is 18.2 Å². The molecule has 5 nitrogen and oxygen atoms in total. The molecule has 0 fully saturated rings. The van der Waals surface area contributed by atoms with Crippen molar-refractivity contribution in [3.63, 3.8) is 0 Å². The molecule has 0 aliphatic carbocycles. The first-order valence-corrected chi connectivity index (χ1v) is 8.05. The minimum atomic E-state index is -0.451. The molecule has 0 saturated carbocycles. The number of nitro benzene ring substituents is 1. The zero-order valence-corrected chi connectivity index (χ0v) is 13.7. The van der Waals surface area contributed by atoms with E-state index in [-0.39, 0.29) is 11.5 Å². The number of thioether (sulfide) groups is 1. The molecule has 0 N–H and O–H groups in total. The van der Waals surface area contributed by atoms with Gasteiger partial charge in [-0.15, -0.1) is 0 Å². The molecule has 1 heterocycles. The third kappa shape index (κ3) is 3.38. The number of hydrogen-bond donors (Lipinski definition) is 0. The van der Waals surface area contributed by atoms with Crippen molar-refractivity contribution >= 4 is 35.0 Å². The molecule has 3 rings (SSSR count). The second-order valence-corrected chi connectivity index (χ2v) is 6.26. The molecule has 0 spiro atoms. The van der Waals surface area contributed by atoms with Gasteiger partial charge in [-0.25, -0.2) is 0 Å². The van der Waals surface area contributed by atoms with Crippen LogP contribution in [0.15, 0.2) is 70.6 Å². The van der Waals surface area contributed by atoms with E-state index in [4.69, 9.17) is 0 Å². The maximum atomic E-state index is 12.1. The highest BCUT2D eigenvalue weighted by Gasteiger charge is 2.21. The van der Waals surface area contributed by atoms with E-state index in [0.29, 0.717) is 0 Å². The Balaban J connectivity index is 1.71. The summed E-state index contributed by atoms with van der Waals surface area (Å²) in [4.78, 5) is 25.4. The average molecular weight is 338 g/mol. The summed E-state index contributed by atoms with van der Waals surface area (Å²) in [6.45, 7) is 0. The first kappa shape index (κ1) is 16.0. The standard InChI is InChI=1S/C18H14N2O3S/c1-19-16-4-2-3-5-17(16)24-18(19)12-15(21)11-8-13-6-9-14(10-7-13)20(22)23/h2-12H,1H3/b11-8+,18-12+. The quantitative estimate of drug-likeness (QED) is 0.473. The highest BCUT2D eigenvalue weighted by molar-refractivity contribution is 8.03. The minimum Gasteiger partial charge on any atom is -0.338 e. The fourth-order valence-electron chi connectivity index (χ4n) is 2.30. The van der Waals surface area contributed by atoms with Crippen molar-refractivity contribution in [1.29, 1.82) is 0 Å². The Labute approximate surface area is 143 Å². The van der Waals surface area contributed by atoms with Crippen molar-refractivity contribution in [2.75, 3.05) is 11.9 Å². The van der Waals surface area contributed by atoms with E-state index in [9.17, 15) is 14.9 Å². The van der Waals surface area contributed by atoms with Crippen molar-refractivity contribution < 1.29 is 9.72 Å². The van der Waals surface area contributed by atoms with E-state index >= 15 is 0 Å². The largest absolute Gasteiger partial charge is 0.338 e. The van der Waals surface area contributed by atoms with E-state index in [1.54, 1.807) is 36.0 Å². The highest BCUT2D eigenvalue weighted by atomic mass is 32.2. The lowest BCUT2D eigenvalue weighted by Crippen LogP contribution is -2.10. The van der Waals surface area contributed by atoms with Crippen molar-refractivity contribution in [3.05, 3.63) is 81.4 Å². The minimum absolute atomic E-state index is 0.0299. The smallest absolute Gasteiger partial charge is 0.269 e. The molecule has 0 aromatic heterocycles. The van der Waals surface area contributed by atoms with Gasteiger partial charge >= 0.3 is 0 Å². The Morgan fingerprint density at radius 3 is 2.54 bits per heavy atom. The number of anilines is 1. The van der Waals surface area contributed by atoms with Crippen molar-refractivity contribution in [2.24, 2.45) is 0 Å². The molecule has 120 valence electrons. The molecule has 2 aromatic carbocycles. The van der Waals surface area contributed by atoms with Gasteiger partial charge in [0.25, 0.3) is 5.69 Å². The number of para-hydroxylation sites is 1. The Bertz CT molecular complexity index is 857. The molecular weight excluding hydrogens is 324 g/mol. The number of rotatable bonds is 4. The molecule has 1 aliphatic rings. The number of allylic oxidation sites excluding steroid dienone is 2. The Morgan fingerprint density at radius 1 is 1.17 bits per heavy atom. The molecule has 1 aliphatic heterocycles. The molecule has 24 heavy (non-hydrogen) atoms. The highest BCUT2D eigenvalue weighted by Crippen LogP contribution is 2.44. The summed E-state index contributed by atoms with van der Waals surface area (Å²) in [6.07, 6.45) is 4.70. The summed E-state index contributed by atoms with van der Waals surface area (Å²) in [5.74, 6) is -0.129. The predicted octanol–water partition coefficient (Wildman–Crippen LogP) is 4.26. The molecule has 0 saturated heterocycles. The van der Waals surface area contributed by atoms with Gasteiger partial charge in [-0.3, -0.25) is 14.9 Å². The summed E-state index contributed by atoms with van der Waals surface area (Å²) >= 11 is 1.56. The number of nitro groups is 1. The van der Waals surface area contributed by atoms with Gasteiger partial charge in [0.05, 0.1) is 15.6 Å². The number of non-ortho nitro benzene ring substituents is 1. The SMILES string of the molecule is CN1/C(=C\C(=O)/C=C/c2ccc([N+](=O)[O-])cc2)Sc2ccccc21. The van der Waals surface area contributed by atoms with E-state index in [2.05, 4.69) is 0 Å². The van der Waals surface area contributed by atoms with Gasteiger partial charge in [0.2, 0.25) is 0 Å². The molecule has 0 radical (unpaired) electrons. The fourth-order valence-corrected chi connectivity index (χ4v) is 3.39. The number of ketones is 1. The number of benzene rings is 2. The van der Waals surface area contributed by atoms with Gasteiger partial charge < -0.3 is 4.90 Å². The molecular formula is C18H14N2O3S. The van der Waals surface area contributed by atoms with E-state index < -0.39 is 4.92 Å². The van der Waals surface area contributed by atoms with Gasteiger partial charge in [-0.2, -0.15) is 0 Å². The third-order valence-corrected chi connectivity index (χ3v) is 4.75. The Kier molecular flexibility index (Phi) is 4.48. The second kappa shape index (κ2) is 6.72. The molecule has 0 atom stereocenters. The number of carbonyl (C=O) groups is 1. The zero-order valence-electron chi connectivity index (χ0n) is 12.9. The van der Waals surface area contributed by atoms with Crippen LogP contribution in [0.5, 0.6) is 0 Å². The van der Waals surface area contributed by atoms with Crippen LogP contribution in [0.1, 0.15) is 5.56 Å². The summed E-state index contributed by atoms with van der Waals surface area (Å²) in [7, 11) is 1.93. The summed E-state index contributed by atoms with van der Waals surface area (Å²) < 4.78 is 0. The van der Waals surface area contributed by atoms with Crippen LogP contribution in [-0.4, -0.2) is 17.8 Å². The lowest BCUT2D eigenvalue weighted by atomic mass is 10.2.